The Balaban J connectivity index is 0.00000225. The van der Waals surface area contributed by atoms with Gasteiger partial charge in [0.2, 0.25) is 0 Å². The van der Waals surface area contributed by atoms with E-state index in [1.807, 2.05) is 6.07 Å². The summed E-state index contributed by atoms with van der Waals surface area (Å²) in [6.45, 7) is 4.56. The Bertz CT molecular complexity index is 656. The summed E-state index contributed by atoms with van der Waals surface area (Å²) in [4.78, 5) is 19.6. The Morgan fingerprint density at radius 3 is 2.84 bits per heavy atom. The van der Waals surface area contributed by atoms with E-state index in [0.717, 1.165) is 44.1 Å². The van der Waals surface area contributed by atoms with Crippen molar-refractivity contribution in [3.8, 4) is 0 Å². The second-order valence-electron chi connectivity index (χ2n) is 6.14. The van der Waals surface area contributed by atoms with Crippen molar-refractivity contribution in [1.29, 1.82) is 0 Å². The largest absolute Gasteiger partial charge is 0.352 e. The molecule has 136 valence electrons. The van der Waals surface area contributed by atoms with E-state index in [4.69, 9.17) is 0 Å². The predicted octanol–water partition coefficient (Wildman–Crippen LogP) is 2.23. The number of halogens is 1. The van der Waals surface area contributed by atoms with Gasteiger partial charge in [-0.2, -0.15) is 0 Å². The maximum absolute atomic E-state index is 10.9. The molecular weight excluding hydrogens is 433 g/mol. The number of non-ortho nitro benzene ring substituents is 1. The van der Waals surface area contributed by atoms with Gasteiger partial charge in [-0.25, -0.2) is 0 Å². The lowest BCUT2D eigenvalue weighted by molar-refractivity contribution is -0.384. The van der Waals surface area contributed by atoms with E-state index in [-0.39, 0.29) is 34.6 Å². The highest BCUT2D eigenvalue weighted by atomic mass is 127. The van der Waals surface area contributed by atoms with Crippen molar-refractivity contribution in [1.82, 2.24) is 15.1 Å². The zero-order valence-electron chi connectivity index (χ0n) is 14.3. The Morgan fingerprint density at radius 1 is 1.40 bits per heavy atom. The summed E-state index contributed by atoms with van der Waals surface area (Å²) in [5, 5.41) is 14.2. The Labute approximate surface area is 165 Å². The van der Waals surface area contributed by atoms with Crippen LogP contribution in [0.3, 0.4) is 0 Å². The van der Waals surface area contributed by atoms with Crippen molar-refractivity contribution < 1.29 is 4.92 Å². The van der Waals surface area contributed by atoms with Crippen LogP contribution in [0.1, 0.15) is 12.0 Å². The number of guanidine groups is 1. The number of hydrogen-bond acceptors (Lipinski definition) is 4. The molecule has 1 aromatic carbocycles. The molecule has 1 N–H and O–H groups in total. The van der Waals surface area contributed by atoms with E-state index in [1.54, 1.807) is 19.2 Å². The van der Waals surface area contributed by atoms with E-state index in [9.17, 15) is 10.1 Å². The number of likely N-dealkylation sites (tertiary alicyclic amines) is 1. The second-order valence-corrected chi connectivity index (χ2v) is 6.14. The van der Waals surface area contributed by atoms with Crippen LogP contribution in [0, 0.1) is 10.1 Å². The van der Waals surface area contributed by atoms with Crippen LogP contribution in [0.5, 0.6) is 0 Å². The molecule has 0 bridgehead atoms. The van der Waals surface area contributed by atoms with Crippen LogP contribution in [0.2, 0.25) is 0 Å². The smallest absolute Gasteiger partial charge is 0.269 e. The standard InChI is InChI=1S/C17H23N5O2.HI/c1-18-17(19-12-14-5-4-6-15(11-14)22(23)24)21-10-7-16(13-21)20-8-2-3-9-20;/h2-6,11,16H,7-10,12-13H2,1H3,(H,18,19);1H. The average molecular weight is 457 g/mol. The third-order valence-corrected chi connectivity index (χ3v) is 4.61. The van der Waals surface area contributed by atoms with Crippen LogP contribution in [-0.2, 0) is 6.54 Å². The minimum Gasteiger partial charge on any atom is -0.352 e. The van der Waals surface area contributed by atoms with Crippen LogP contribution < -0.4 is 5.32 Å². The molecular formula is C17H24IN5O2. The minimum absolute atomic E-state index is 0. The Hall–Kier alpha value is -1.68. The van der Waals surface area contributed by atoms with E-state index >= 15 is 0 Å². The zero-order valence-corrected chi connectivity index (χ0v) is 16.6. The van der Waals surface area contributed by atoms with Gasteiger partial charge in [0, 0.05) is 57.9 Å². The van der Waals surface area contributed by atoms with Gasteiger partial charge in [0.1, 0.15) is 0 Å². The molecule has 0 radical (unpaired) electrons. The van der Waals surface area contributed by atoms with Crippen LogP contribution in [0.25, 0.3) is 0 Å². The van der Waals surface area contributed by atoms with Crippen molar-refractivity contribution in [2.75, 3.05) is 33.2 Å². The SMILES string of the molecule is CN=C(NCc1cccc([N+](=O)[O-])c1)N1CCC(N2CC=CC2)C1.I. The summed E-state index contributed by atoms with van der Waals surface area (Å²) in [6, 6.07) is 7.27. The van der Waals surface area contributed by atoms with E-state index < -0.39 is 0 Å². The lowest BCUT2D eigenvalue weighted by Crippen LogP contribution is -2.42. The molecule has 0 spiro atoms. The summed E-state index contributed by atoms with van der Waals surface area (Å²) < 4.78 is 0. The number of benzene rings is 1. The number of nitro groups is 1. The summed E-state index contributed by atoms with van der Waals surface area (Å²) in [7, 11) is 1.78. The topological polar surface area (TPSA) is 74.0 Å². The van der Waals surface area contributed by atoms with Crippen molar-refractivity contribution in [3.63, 3.8) is 0 Å². The molecule has 8 heteroatoms. The van der Waals surface area contributed by atoms with Gasteiger partial charge in [0.05, 0.1) is 4.92 Å². The molecule has 2 aliphatic rings. The lowest BCUT2D eigenvalue weighted by Gasteiger charge is -2.25. The van der Waals surface area contributed by atoms with Gasteiger partial charge in [-0.1, -0.05) is 24.3 Å². The lowest BCUT2D eigenvalue weighted by atomic mass is 10.2. The summed E-state index contributed by atoms with van der Waals surface area (Å²) in [5.41, 5.74) is 0.997. The fourth-order valence-corrected chi connectivity index (χ4v) is 3.32. The Morgan fingerprint density at radius 2 is 2.16 bits per heavy atom. The predicted molar refractivity (Wildman–Crippen MR) is 109 cm³/mol. The van der Waals surface area contributed by atoms with Crippen molar-refractivity contribution in [2.24, 2.45) is 4.99 Å². The fourth-order valence-electron chi connectivity index (χ4n) is 3.32. The van der Waals surface area contributed by atoms with E-state index in [0.29, 0.717) is 12.6 Å². The van der Waals surface area contributed by atoms with Gasteiger partial charge in [-0.05, 0) is 12.0 Å². The maximum Gasteiger partial charge on any atom is 0.269 e. The minimum atomic E-state index is -0.368. The number of nitrogens with zero attached hydrogens (tertiary/aromatic N) is 4. The average Bonchev–Trinajstić information content (AvgIpc) is 3.27. The molecule has 3 rings (SSSR count). The third-order valence-electron chi connectivity index (χ3n) is 4.61. The van der Waals surface area contributed by atoms with Crippen LogP contribution in [0.15, 0.2) is 41.4 Å². The highest BCUT2D eigenvalue weighted by molar-refractivity contribution is 14.0. The summed E-state index contributed by atoms with van der Waals surface area (Å²) in [6.07, 6.45) is 5.58. The molecule has 25 heavy (non-hydrogen) atoms. The van der Waals surface area contributed by atoms with Crippen LogP contribution in [-0.4, -0.2) is 60.0 Å². The number of nitrogens with one attached hydrogen (secondary N) is 1. The summed E-state index contributed by atoms with van der Waals surface area (Å²) in [5.74, 6) is 0.858. The van der Waals surface area contributed by atoms with Gasteiger partial charge in [0.25, 0.3) is 5.69 Å². The van der Waals surface area contributed by atoms with Crippen molar-refractivity contribution in [2.45, 2.75) is 19.0 Å². The van der Waals surface area contributed by atoms with Crippen LogP contribution in [0.4, 0.5) is 5.69 Å². The first-order valence-electron chi connectivity index (χ1n) is 8.25. The Kier molecular flexibility index (Phi) is 7.18. The van der Waals surface area contributed by atoms with Gasteiger partial charge < -0.3 is 10.2 Å². The van der Waals surface area contributed by atoms with E-state index in [2.05, 4.69) is 32.3 Å². The first-order chi connectivity index (χ1) is 11.7. The molecule has 1 aromatic rings. The molecule has 0 amide bonds. The van der Waals surface area contributed by atoms with Crippen LogP contribution >= 0.6 is 24.0 Å². The quantitative estimate of drug-likeness (QED) is 0.188. The number of aliphatic imine (C=N–C) groups is 1. The maximum atomic E-state index is 10.9. The molecule has 2 aliphatic heterocycles. The molecule has 1 atom stereocenters. The molecule has 0 aliphatic carbocycles. The molecule has 1 unspecified atom stereocenters. The van der Waals surface area contributed by atoms with Crippen molar-refractivity contribution >= 4 is 35.6 Å². The molecule has 0 saturated carbocycles. The van der Waals surface area contributed by atoms with Gasteiger partial charge in [-0.3, -0.25) is 20.0 Å². The number of nitro benzene ring substituents is 1. The van der Waals surface area contributed by atoms with Gasteiger partial charge in [-0.15, -0.1) is 24.0 Å². The first kappa shape index (κ1) is 19.6. The van der Waals surface area contributed by atoms with Crippen molar-refractivity contribution in [3.05, 3.63) is 52.1 Å². The molecule has 7 nitrogen and oxygen atoms in total. The zero-order chi connectivity index (χ0) is 16.9. The molecule has 0 aromatic heterocycles. The molecule has 1 saturated heterocycles. The molecule has 1 fully saturated rings. The second kappa shape index (κ2) is 9.14. The highest BCUT2D eigenvalue weighted by Gasteiger charge is 2.29. The first-order valence-corrected chi connectivity index (χ1v) is 8.25. The van der Waals surface area contributed by atoms with E-state index in [1.165, 1.54) is 6.07 Å². The highest BCUT2D eigenvalue weighted by Crippen LogP contribution is 2.18. The van der Waals surface area contributed by atoms with Gasteiger partial charge >= 0.3 is 0 Å². The van der Waals surface area contributed by atoms with Gasteiger partial charge in [0.15, 0.2) is 5.96 Å². The summed E-state index contributed by atoms with van der Waals surface area (Å²) >= 11 is 0. The number of rotatable bonds is 4. The monoisotopic (exact) mass is 457 g/mol. The number of hydrogen-bond donors (Lipinski definition) is 1. The normalized spacial score (nSPS) is 20.6. The third kappa shape index (κ3) is 4.91. The molecule has 2 heterocycles. The fraction of sp³-hybridized carbons (Fsp3) is 0.471.